The second kappa shape index (κ2) is 4.02. The summed E-state index contributed by atoms with van der Waals surface area (Å²) >= 11 is 0. The van der Waals surface area contributed by atoms with Crippen molar-refractivity contribution < 1.29 is 31.1 Å². The molecule has 1 aliphatic rings. The Morgan fingerprint density at radius 1 is 1.00 bits per heavy atom. The molecule has 1 heterocycles. The molecule has 10 heteroatoms. The Hall–Kier alpha value is -1.48. The molecule has 0 unspecified atom stereocenters. The van der Waals surface area contributed by atoms with Gasteiger partial charge < -0.3 is 9.64 Å². The standard InChI is InChI=1S/C8H9F6N3O/c1-4-15-6(7(9,10)11,8(12,13)14)16-5(18-4)17(2)3/h1-3H3. The molecular weight excluding hydrogens is 268 g/mol. The number of alkyl halides is 6. The van der Waals surface area contributed by atoms with Crippen molar-refractivity contribution in [2.45, 2.75) is 24.9 Å². The van der Waals surface area contributed by atoms with Crippen molar-refractivity contribution in [3.63, 3.8) is 0 Å². The molecule has 0 bridgehead atoms. The van der Waals surface area contributed by atoms with Crippen molar-refractivity contribution in [3.8, 4) is 0 Å². The van der Waals surface area contributed by atoms with E-state index in [4.69, 9.17) is 0 Å². The van der Waals surface area contributed by atoms with Crippen molar-refractivity contribution in [1.29, 1.82) is 0 Å². The Bertz CT molecular complexity index is 381. The highest BCUT2D eigenvalue weighted by Gasteiger charge is 2.74. The molecule has 104 valence electrons. The molecule has 0 amide bonds. The van der Waals surface area contributed by atoms with Crippen LogP contribution in [-0.4, -0.2) is 48.9 Å². The molecule has 0 fully saturated rings. The van der Waals surface area contributed by atoms with Gasteiger partial charge in [-0.2, -0.15) is 31.3 Å². The van der Waals surface area contributed by atoms with E-state index in [2.05, 4.69) is 14.7 Å². The summed E-state index contributed by atoms with van der Waals surface area (Å²) in [7, 11) is 2.41. The van der Waals surface area contributed by atoms with Gasteiger partial charge in [-0.1, -0.05) is 0 Å². The van der Waals surface area contributed by atoms with Crippen LogP contribution in [0.1, 0.15) is 6.92 Å². The van der Waals surface area contributed by atoms with E-state index < -0.39 is 29.9 Å². The van der Waals surface area contributed by atoms with Crippen LogP contribution >= 0.6 is 0 Å². The lowest BCUT2D eigenvalue weighted by molar-refractivity contribution is -0.293. The average molecular weight is 277 g/mol. The lowest BCUT2D eigenvalue weighted by atomic mass is 10.1. The van der Waals surface area contributed by atoms with Crippen molar-refractivity contribution in [2.24, 2.45) is 9.98 Å². The van der Waals surface area contributed by atoms with Crippen LogP contribution in [-0.2, 0) is 4.74 Å². The highest BCUT2D eigenvalue weighted by molar-refractivity contribution is 5.91. The first-order valence-corrected chi connectivity index (χ1v) is 4.55. The van der Waals surface area contributed by atoms with E-state index in [0.29, 0.717) is 0 Å². The maximum Gasteiger partial charge on any atom is 0.443 e. The first-order chi connectivity index (χ1) is 7.91. The van der Waals surface area contributed by atoms with Crippen molar-refractivity contribution >= 4 is 11.9 Å². The summed E-state index contributed by atoms with van der Waals surface area (Å²) < 4.78 is 80.8. The lowest BCUT2D eigenvalue weighted by Crippen LogP contribution is -2.57. The molecule has 0 spiro atoms. The zero-order chi connectivity index (χ0) is 14.4. The first kappa shape index (κ1) is 14.6. The molecule has 18 heavy (non-hydrogen) atoms. The largest absolute Gasteiger partial charge is 0.443 e. The average Bonchev–Trinajstić information content (AvgIpc) is 2.12. The molecular formula is C8H9F6N3O. The fraction of sp³-hybridized carbons (Fsp3) is 0.750. The molecule has 0 aromatic rings. The normalized spacial score (nSPS) is 19.8. The second-order valence-electron chi connectivity index (χ2n) is 3.69. The Morgan fingerprint density at radius 3 is 1.78 bits per heavy atom. The minimum atomic E-state index is -5.71. The molecule has 0 aromatic carbocycles. The second-order valence-corrected chi connectivity index (χ2v) is 3.69. The summed E-state index contributed by atoms with van der Waals surface area (Å²) in [6.45, 7) is 0.893. The molecule has 0 N–H and O–H groups in total. The van der Waals surface area contributed by atoms with Crippen LogP contribution in [0.5, 0.6) is 0 Å². The molecule has 1 rings (SSSR count). The fourth-order valence-electron chi connectivity index (χ4n) is 1.17. The third kappa shape index (κ3) is 2.23. The topological polar surface area (TPSA) is 37.2 Å². The summed E-state index contributed by atoms with van der Waals surface area (Å²) in [4.78, 5) is 6.00. The highest BCUT2D eigenvalue weighted by Crippen LogP contribution is 2.48. The van der Waals surface area contributed by atoms with Gasteiger partial charge in [0.25, 0.3) is 6.02 Å². The molecule has 0 radical (unpaired) electrons. The van der Waals surface area contributed by atoms with Crippen LogP contribution in [0.15, 0.2) is 9.98 Å². The Balaban J connectivity index is 3.48. The van der Waals surface area contributed by atoms with E-state index in [1.807, 2.05) is 0 Å². The highest BCUT2D eigenvalue weighted by atomic mass is 19.4. The summed E-state index contributed by atoms with van der Waals surface area (Å²) in [5.41, 5.74) is -4.51. The van der Waals surface area contributed by atoms with E-state index in [0.717, 1.165) is 11.8 Å². The van der Waals surface area contributed by atoms with Crippen LogP contribution in [0, 0.1) is 0 Å². The Labute approximate surface area is 97.9 Å². The lowest BCUT2D eigenvalue weighted by Gasteiger charge is -2.34. The van der Waals surface area contributed by atoms with Gasteiger partial charge in [0.2, 0.25) is 0 Å². The minimum absolute atomic E-state index is 0.761. The third-order valence-corrected chi connectivity index (χ3v) is 1.99. The van der Waals surface area contributed by atoms with Gasteiger partial charge in [-0.3, -0.25) is 0 Å². The molecule has 0 saturated heterocycles. The summed E-state index contributed by atoms with van der Waals surface area (Å²) in [6, 6.07) is -0.808. The number of nitrogens with zero attached hydrogens (tertiary/aromatic N) is 3. The summed E-state index contributed by atoms with van der Waals surface area (Å²) in [5, 5.41) is 0. The predicted molar refractivity (Wildman–Crippen MR) is 50.2 cm³/mol. The number of halogens is 6. The number of hydrogen-bond donors (Lipinski definition) is 0. The van der Waals surface area contributed by atoms with Crippen LogP contribution < -0.4 is 0 Å². The Kier molecular flexibility index (Phi) is 3.26. The van der Waals surface area contributed by atoms with Crippen molar-refractivity contribution in [2.75, 3.05) is 14.1 Å². The molecule has 4 nitrogen and oxygen atoms in total. The molecule has 0 aromatic heterocycles. The summed E-state index contributed by atoms with van der Waals surface area (Å²) in [6.07, 6.45) is -11.4. The van der Waals surface area contributed by atoms with Crippen LogP contribution in [0.2, 0.25) is 0 Å². The predicted octanol–water partition coefficient (Wildman–Crippen LogP) is 2.17. The Morgan fingerprint density at radius 2 is 1.44 bits per heavy atom. The van der Waals surface area contributed by atoms with Gasteiger partial charge in [0.1, 0.15) is 0 Å². The van der Waals surface area contributed by atoms with Crippen LogP contribution in [0.3, 0.4) is 0 Å². The zero-order valence-corrected chi connectivity index (χ0v) is 9.52. The number of hydrogen-bond acceptors (Lipinski definition) is 4. The quantitative estimate of drug-likeness (QED) is 0.636. The van der Waals surface area contributed by atoms with Gasteiger partial charge in [0.05, 0.1) is 0 Å². The third-order valence-electron chi connectivity index (χ3n) is 1.99. The smallest absolute Gasteiger partial charge is 0.412 e. The van der Waals surface area contributed by atoms with Crippen molar-refractivity contribution in [3.05, 3.63) is 0 Å². The maximum atomic E-state index is 12.7. The molecule has 1 aliphatic heterocycles. The number of aliphatic imine (C=N–C) groups is 2. The number of amidine groups is 1. The van der Waals surface area contributed by atoms with Crippen molar-refractivity contribution in [1.82, 2.24) is 4.90 Å². The van der Waals surface area contributed by atoms with Gasteiger partial charge in [-0.05, 0) is 0 Å². The summed E-state index contributed by atoms with van der Waals surface area (Å²) in [5.74, 6) is -0.761. The van der Waals surface area contributed by atoms with Gasteiger partial charge in [-0.15, -0.1) is 0 Å². The van der Waals surface area contributed by atoms with E-state index in [9.17, 15) is 26.3 Å². The first-order valence-electron chi connectivity index (χ1n) is 4.55. The van der Waals surface area contributed by atoms with Gasteiger partial charge >= 0.3 is 18.0 Å². The van der Waals surface area contributed by atoms with E-state index in [1.165, 1.54) is 14.1 Å². The molecule has 0 saturated carbocycles. The minimum Gasteiger partial charge on any atom is -0.412 e. The molecule has 0 aliphatic carbocycles. The zero-order valence-electron chi connectivity index (χ0n) is 9.52. The maximum absolute atomic E-state index is 12.7. The SMILES string of the molecule is CC1=NC(C(F)(F)F)(C(F)(F)F)N=C(N(C)C)O1. The van der Waals surface area contributed by atoms with Crippen LogP contribution in [0.4, 0.5) is 26.3 Å². The van der Waals surface area contributed by atoms with E-state index in [-0.39, 0.29) is 0 Å². The van der Waals surface area contributed by atoms with Gasteiger partial charge in [-0.25, -0.2) is 4.99 Å². The van der Waals surface area contributed by atoms with E-state index >= 15 is 0 Å². The number of ether oxygens (including phenoxy) is 1. The van der Waals surface area contributed by atoms with Crippen LogP contribution in [0.25, 0.3) is 0 Å². The fourth-order valence-corrected chi connectivity index (χ4v) is 1.17. The number of rotatable bonds is 0. The van der Waals surface area contributed by atoms with Gasteiger partial charge in [0, 0.05) is 21.0 Å². The van der Waals surface area contributed by atoms with Gasteiger partial charge in [0.15, 0.2) is 5.90 Å². The van der Waals surface area contributed by atoms with E-state index in [1.54, 1.807) is 0 Å². The monoisotopic (exact) mass is 277 g/mol. The molecule has 0 atom stereocenters.